The van der Waals surface area contributed by atoms with Crippen LogP contribution >= 0.6 is 15.9 Å². The fourth-order valence-corrected chi connectivity index (χ4v) is 3.73. The summed E-state index contributed by atoms with van der Waals surface area (Å²) in [5.41, 5.74) is 1.92. The van der Waals surface area contributed by atoms with E-state index in [2.05, 4.69) is 33.1 Å². The van der Waals surface area contributed by atoms with Gasteiger partial charge in [-0.1, -0.05) is 30.3 Å². The van der Waals surface area contributed by atoms with Gasteiger partial charge in [0.25, 0.3) is 0 Å². The van der Waals surface area contributed by atoms with Gasteiger partial charge < -0.3 is 15.1 Å². The van der Waals surface area contributed by atoms with E-state index in [-0.39, 0.29) is 30.2 Å². The van der Waals surface area contributed by atoms with Crippen LogP contribution in [0.15, 0.2) is 59.1 Å². The van der Waals surface area contributed by atoms with Crippen molar-refractivity contribution in [1.82, 2.24) is 5.32 Å². The summed E-state index contributed by atoms with van der Waals surface area (Å²) in [6.45, 7) is 3.01. The molecule has 1 heterocycles. The Labute approximate surface area is 168 Å². The summed E-state index contributed by atoms with van der Waals surface area (Å²) < 4.78 is 0.859. The second-order valence-corrected chi connectivity index (χ2v) is 7.75. The summed E-state index contributed by atoms with van der Waals surface area (Å²) in [5.74, 6) is -0.401. The lowest BCUT2D eigenvalue weighted by atomic mass is 10.1. The number of hydrogen-bond donors (Lipinski definition) is 1. The summed E-state index contributed by atoms with van der Waals surface area (Å²) in [6.07, 6.45) is 0.246. The Kier molecular flexibility index (Phi) is 6.16. The van der Waals surface area contributed by atoms with Gasteiger partial charge in [0.2, 0.25) is 11.8 Å². The monoisotopic (exact) mass is 429 g/mol. The van der Waals surface area contributed by atoms with Gasteiger partial charge in [-0.25, -0.2) is 0 Å². The molecule has 0 radical (unpaired) electrons. The SMILES string of the molecule is CC(CNC(=O)C1CC(=O)N(c2ccccc2Br)C1)N(C)c1ccccc1. The number of likely N-dealkylation sites (N-methyl/N-ethyl adjacent to an activating group) is 1. The zero-order valence-corrected chi connectivity index (χ0v) is 17.1. The van der Waals surface area contributed by atoms with Gasteiger partial charge in [0.1, 0.15) is 0 Å². The minimum Gasteiger partial charge on any atom is -0.370 e. The highest BCUT2D eigenvalue weighted by molar-refractivity contribution is 9.10. The van der Waals surface area contributed by atoms with Gasteiger partial charge in [-0.15, -0.1) is 0 Å². The number of carbonyl (C=O) groups excluding carboxylic acids is 2. The van der Waals surface area contributed by atoms with E-state index >= 15 is 0 Å². The van der Waals surface area contributed by atoms with Gasteiger partial charge in [0.05, 0.1) is 11.6 Å². The van der Waals surface area contributed by atoms with Crippen molar-refractivity contribution in [2.24, 2.45) is 5.92 Å². The smallest absolute Gasteiger partial charge is 0.227 e. The van der Waals surface area contributed by atoms with Gasteiger partial charge >= 0.3 is 0 Å². The molecule has 1 fully saturated rings. The molecule has 2 aromatic rings. The highest BCUT2D eigenvalue weighted by Crippen LogP contribution is 2.31. The van der Waals surface area contributed by atoms with Crippen LogP contribution in [0.5, 0.6) is 0 Å². The largest absolute Gasteiger partial charge is 0.370 e. The molecular formula is C21H24BrN3O2. The van der Waals surface area contributed by atoms with Crippen LogP contribution in [-0.4, -0.2) is 38.0 Å². The second-order valence-electron chi connectivity index (χ2n) is 6.90. The van der Waals surface area contributed by atoms with Crippen molar-refractivity contribution in [1.29, 1.82) is 0 Å². The van der Waals surface area contributed by atoms with E-state index in [1.54, 1.807) is 4.90 Å². The molecule has 5 nitrogen and oxygen atoms in total. The summed E-state index contributed by atoms with van der Waals surface area (Å²) in [4.78, 5) is 28.8. The molecule has 27 heavy (non-hydrogen) atoms. The number of benzene rings is 2. The summed E-state index contributed by atoms with van der Waals surface area (Å²) in [6, 6.07) is 17.8. The molecule has 1 aliphatic heterocycles. The third-order valence-electron chi connectivity index (χ3n) is 5.04. The fraction of sp³-hybridized carbons (Fsp3) is 0.333. The third kappa shape index (κ3) is 4.50. The van der Waals surface area contributed by atoms with Gasteiger partial charge in [-0.3, -0.25) is 9.59 Å². The zero-order valence-electron chi connectivity index (χ0n) is 15.6. The number of carbonyl (C=O) groups is 2. The summed E-state index contributed by atoms with van der Waals surface area (Å²) >= 11 is 3.48. The molecule has 0 saturated carbocycles. The quantitative estimate of drug-likeness (QED) is 0.764. The van der Waals surface area contributed by atoms with Gasteiger partial charge in [-0.05, 0) is 47.1 Å². The van der Waals surface area contributed by atoms with Crippen LogP contribution in [0.25, 0.3) is 0 Å². The van der Waals surface area contributed by atoms with Crippen LogP contribution in [0.1, 0.15) is 13.3 Å². The molecule has 1 aliphatic rings. The Morgan fingerprint density at radius 1 is 1.22 bits per heavy atom. The standard InChI is InChI=1S/C21H24BrN3O2/c1-15(24(2)17-8-4-3-5-9-17)13-23-21(27)16-12-20(26)25(14-16)19-11-7-6-10-18(19)22/h3-11,15-16H,12-14H2,1-2H3,(H,23,27). The number of nitrogens with zero attached hydrogens (tertiary/aromatic N) is 2. The molecule has 0 spiro atoms. The first-order chi connectivity index (χ1) is 13.0. The first-order valence-electron chi connectivity index (χ1n) is 9.08. The predicted molar refractivity (Wildman–Crippen MR) is 112 cm³/mol. The van der Waals surface area contributed by atoms with Crippen molar-refractivity contribution in [3.8, 4) is 0 Å². The Morgan fingerprint density at radius 2 is 1.89 bits per heavy atom. The maximum Gasteiger partial charge on any atom is 0.227 e. The van der Waals surface area contributed by atoms with Crippen molar-refractivity contribution in [3.63, 3.8) is 0 Å². The first-order valence-corrected chi connectivity index (χ1v) is 9.87. The Bertz CT molecular complexity index is 812. The first kappa shape index (κ1) is 19.4. The van der Waals surface area contributed by atoms with E-state index < -0.39 is 0 Å². The molecule has 2 unspecified atom stereocenters. The highest BCUT2D eigenvalue weighted by Gasteiger charge is 2.35. The third-order valence-corrected chi connectivity index (χ3v) is 5.71. The number of para-hydroxylation sites is 2. The molecule has 2 aromatic carbocycles. The van der Waals surface area contributed by atoms with Crippen LogP contribution < -0.4 is 15.1 Å². The molecule has 2 atom stereocenters. The van der Waals surface area contributed by atoms with Crippen LogP contribution in [0.2, 0.25) is 0 Å². The Morgan fingerprint density at radius 3 is 2.59 bits per heavy atom. The van der Waals surface area contributed by atoms with Crippen molar-refractivity contribution >= 4 is 39.1 Å². The molecule has 0 bridgehead atoms. The van der Waals surface area contributed by atoms with E-state index in [1.165, 1.54) is 0 Å². The number of halogens is 1. The van der Waals surface area contributed by atoms with Crippen molar-refractivity contribution in [3.05, 3.63) is 59.1 Å². The van der Waals surface area contributed by atoms with E-state index in [9.17, 15) is 9.59 Å². The lowest BCUT2D eigenvalue weighted by Crippen LogP contribution is -2.42. The average molecular weight is 430 g/mol. The molecule has 2 amide bonds. The molecule has 3 rings (SSSR count). The minimum atomic E-state index is -0.321. The number of amides is 2. The highest BCUT2D eigenvalue weighted by atomic mass is 79.9. The average Bonchev–Trinajstić information content (AvgIpc) is 3.08. The number of rotatable bonds is 6. The van der Waals surface area contributed by atoms with E-state index in [4.69, 9.17) is 0 Å². The maximum absolute atomic E-state index is 12.6. The molecule has 1 saturated heterocycles. The van der Waals surface area contributed by atoms with Gasteiger partial charge in [0.15, 0.2) is 0 Å². The number of hydrogen-bond acceptors (Lipinski definition) is 3. The number of anilines is 2. The molecule has 0 aliphatic carbocycles. The fourth-order valence-electron chi connectivity index (χ4n) is 3.23. The van der Waals surface area contributed by atoms with E-state index in [1.807, 2.05) is 61.6 Å². The second kappa shape index (κ2) is 8.57. The molecule has 6 heteroatoms. The van der Waals surface area contributed by atoms with Gasteiger partial charge in [-0.2, -0.15) is 0 Å². The Hall–Kier alpha value is -2.34. The van der Waals surface area contributed by atoms with E-state index in [0.29, 0.717) is 13.1 Å². The summed E-state index contributed by atoms with van der Waals surface area (Å²) in [7, 11) is 2.01. The van der Waals surface area contributed by atoms with Crippen LogP contribution in [0.4, 0.5) is 11.4 Å². The maximum atomic E-state index is 12.6. The van der Waals surface area contributed by atoms with Crippen LogP contribution in [0, 0.1) is 5.92 Å². The lowest BCUT2D eigenvalue weighted by molar-refractivity contribution is -0.126. The topological polar surface area (TPSA) is 52.7 Å². The Balaban J connectivity index is 1.56. The van der Waals surface area contributed by atoms with Gasteiger partial charge in [0, 0.05) is 42.8 Å². The van der Waals surface area contributed by atoms with Crippen LogP contribution in [0.3, 0.4) is 0 Å². The van der Waals surface area contributed by atoms with Crippen molar-refractivity contribution in [2.45, 2.75) is 19.4 Å². The normalized spacial score (nSPS) is 17.7. The zero-order chi connectivity index (χ0) is 19.4. The van der Waals surface area contributed by atoms with Crippen molar-refractivity contribution in [2.75, 3.05) is 29.9 Å². The molecule has 0 aromatic heterocycles. The lowest BCUT2D eigenvalue weighted by Gasteiger charge is -2.27. The number of nitrogens with one attached hydrogen (secondary N) is 1. The summed E-state index contributed by atoms with van der Waals surface area (Å²) in [5, 5.41) is 3.01. The molecular weight excluding hydrogens is 406 g/mol. The van der Waals surface area contributed by atoms with Crippen molar-refractivity contribution < 1.29 is 9.59 Å². The van der Waals surface area contributed by atoms with E-state index in [0.717, 1.165) is 15.8 Å². The molecule has 142 valence electrons. The minimum absolute atomic E-state index is 0.0171. The van der Waals surface area contributed by atoms with Crippen LogP contribution in [-0.2, 0) is 9.59 Å². The molecule has 1 N–H and O–H groups in total. The predicted octanol–water partition coefficient (Wildman–Crippen LogP) is 3.44.